The Bertz CT molecular complexity index is 402. The molecule has 1 aromatic rings. The van der Waals surface area contributed by atoms with Crippen molar-refractivity contribution in [2.45, 2.75) is 32.2 Å². The van der Waals surface area contributed by atoms with E-state index in [4.69, 9.17) is 0 Å². The molecule has 4 heteroatoms. The summed E-state index contributed by atoms with van der Waals surface area (Å²) in [7, 11) is 0. The lowest BCUT2D eigenvalue weighted by Crippen LogP contribution is -2.44. The van der Waals surface area contributed by atoms with Crippen molar-refractivity contribution in [2.24, 2.45) is 0 Å². The Balaban J connectivity index is 2.23. The Morgan fingerprint density at radius 2 is 2.06 bits per heavy atom. The predicted octanol–water partition coefficient (Wildman–Crippen LogP) is 1.80. The largest absolute Gasteiger partial charge is 0.508 e. The van der Waals surface area contributed by atoms with Crippen molar-refractivity contribution in [1.82, 2.24) is 5.43 Å². The second kappa shape index (κ2) is 3.79. The number of anilines is 1. The van der Waals surface area contributed by atoms with E-state index >= 15 is 0 Å². The first kappa shape index (κ1) is 11.0. The minimum absolute atomic E-state index is 0.0649. The van der Waals surface area contributed by atoms with Gasteiger partial charge in [0, 0.05) is 12.0 Å². The highest BCUT2D eigenvalue weighted by atomic mass is 16.3. The molecule has 0 spiro atoms. The molecule has 1 amide bonds. The average Bonchev–Trinajstić information content (AvgIpc) is 2.57. The van der Waals surface area contributed by atoms with Crippen LogP contribution in [0.25, 0.3) is 0 Å². The van der Waals surface area contributed by atoms with Gasteiger partial charge in [0.1, 0.15) is 5.75 Å². The van der Waals surface area contributed by atoms with Gasteiger partial charge in [-0.05, 0) is 37.6 Å². The molecule has 16 heavy (non-hydrogen) atoms. The van der Waals surface area contributed by atoms with Crippen LogP contribution in [-0.2, 0) is 4.79 Å². The van der Waals surface area contributed by atoms with Crippen molar-refractivity contribution in [3.63, 3.8) is 0 Å². The highest BCUT2D eigenvalue weighted by Crippen LogP contribution is 2.27. The van der Waals surface area contributed by atoms with E-state index in [9.17, 15) is 9.90 Å². The van der Waals surface area contributed by atoms with E-state index in [1.807, 2.05) is 6.92 Å². The third-order valence-electron chi connectivity index (χ3n) is 3.06. The molecule has 2 rings (SSSR count). The summed E-state index contributed by atoms with van der Waals surface area (Å²) in [6.07, 6.45) is 1.40. The maximum Gasteiger partial charge on any atom is 0.243 e. The van der Waals surface area contributed by atoms with Crippen molar-refractivity contribution in [3.05, 3.63) is 24.3 Å². The van der Waals surface area contributed by atoms with Crippen LogP contribution in [0, 0.1) is 0 Å². The molecular weight excluding hydrogens is 204 g/mol. The van der Waals surface area contributed by atoms with Crippen LogP contribution in [0.5, 0.6) is 5.75 Å². The zero-order valence-electron chi connectivity index (χ0n) is 9.53. The predicted molar refractivity (Wildman–Crippen MR) is 62.0 cm³/mol. The van der Waals surface area contributed by atoms with E-state index in [-0.39, 0.29) is 17.2 Å². The molecule has 1 aromatic carbocycles. The Hall–Kier alpha value is -1.55. The number of carbonyl (C=O) groups is 1. The molecule has 1 aliphatic rings. The van der Waals surface area contributed by atoms with E-state index in [0.29, 0.717) is 6.42 Å². The molecule has 0 saturated carbocycles. The molecule has 4 nitrogen and oxygen atoms in total. The third-order valence-corrected chi connectivity index (χ3v) is 3.06. The number of hydrogen-bond donors (Lipinski definition) is 2. The summed E-state index contributed by atoms with van der Waals surface area (Å²) in [5.41, 5.74) is 3.81. The maximum atomic E-state index is 11.8. The summed E-state index contributed by atoms with van der Waals surface area (Å²) in [4.78, 5) is 11.8. The maximum absolute atomic E-state index is 11.8. The first-order valence-corrected chi connectivity index (χ1v) is 5.44. The van der Waals surface area contributed by atoms with Crippen LogP contribution in [-0.4, -0.2) is 16.6 Å². The number of amides is 1. The Morgan fingerprint density at radius 1 is 1.44 bits per heavy atom. The van der Waals surface area contributed by atoms with Gasteiger partial charge in [-0.15, -0.1) is 0 Å². The summed E-state index contributed by atoms with van der Waals surface area (Å²) in [5.74, 6) is 0.267. The van der Waals surface area contributed by atoms with E-state index in [0.717, 1.165) is 12.1 Å². The molecule has 0 bridgehead atoms. The fraction of sp³-hybridized carbons (Fsp3) is 0.417. The molecule has 86 valence electrons. The lowest BCUT2D eigenvalue weighted by atomic mass is 9.97. The second-order valence-corrected chi connectivity index (χ2v) is 4.45. The number of hydrazine groups is 1. The van der Waals surface area contributed by atoms with Crippen LogP contribution >= 0.6 is 0 Å². The molecule has 2 N–H and O–H groups in total. The number of benzene rings is 1. The second-order valence-electron chi connectivity index (χ2n) is 4.45. The van der Waals surface area contributed by atoms with Crippen LogP contribution in [0.1, 0.15) is 26.7 Å². The van der Waals surface area contributed by atoms with Gasteiger partial charge >= 0.3 is 0 Å². The third kappa shape index (κ3) is 1.88. The van der Waals surface area contributed by atoms with E-state index in [1.54, 1.807) is 29.3 Å². The van der Waals surface area contributed by atoms with Gasteiger partial charge in [-0.2, -0.15) is 0 Å². The number of hydrogen-bond acceptors (Lipinski definition) is 3. The molecule has 1 heterocycles. The highest BCUT2D eigenvalue weighted by Gasteiger charge is 2.38. The van der Waals surface area contributed by atoms with E-state index in [2.05, 4.69) is 12.3 Å². The van der Waals surface area contributed by atoms with Gasteiger partial charge in [0.2, 0.25) is 5.91 Å². The topological polar surface area (TPSA) is 52.6 Å². The molecule has 0 aliphatic carbocycles. The quantitative estimate of drug-likeness (QED) is 0.799. The molecule has 1 fully saturated rings. The van der Waals surface area contributed by atoms with Gasteiger partial charge in [0.25, 0.3) is 0 Å². The fourth-order valence-electron chi connectivity index (χ4n) is 1.80. The minimum Gasteiger partial charge on any atom is -0.508 e. The smallest absolute Gasteiger partial charge is 0.243 e. The normalized spacial score (nSPS) is 25.1. The van der Waals surface area contributed by atoms with Gasteiger partial charge in [-0.25, -0.2) is 10.4 Å². The van der Waals surface area contributed by atoms with Crippen molar-refractivity contribution in [3.8, 4) is 5.75 Å². The fourth-order valence-corrected chi connectivity index (χ4v) is 1.80. The zero-order valence-corrected chi connectivity index (χ0v) is 9.53. The number of nitrogens with one attached hydrogen (secondary N) is 1. The molecular formula is C12H16N2O2. The van der Waals surface area contributed by atoms with Gasteiger partial charge in [-0.3, -0.25) is 4.79 Å². The summed E-state index contributed by atoms with van der Waals surface area (Å²) in [6, 6.07) is 6.60. The van der Waals surface area contributed by atoms with Crippen LogP contribution < -0.4 is 10.4 Å². The summed E-state index contributed by atoms with van der Waals surface area (Å²) < 4.78 is 0. The van der Waals surface area contributed by atoms with Crippen LogP contribution in [0.15, 0.2) is 24.3 Å². The van der Waals surface area contributed by atoms with Crippen molar-refractivity contribution in [2.75, 3.05) is 5.01 Å². The van der Waals surface area contributed by atoms with Gasteiger partial charge < -0.3 is 5.11 Å². The average molecular weight is 220 g/mol. The standard InChI is InChI=1S/C12H16N2O2/c1-3-12(2)8-11(16)14(13-12)9-4-6-10(15)7-5-9/h4-7,13,15H,3,8H2,1-2H3. The Kier molecular flexibility index (Phi) is 2.59. The van der Waals surface area contributed by atoms with Gasteiger partial charge in [-0.1, -0.05) is 6.92 Å². The number of phenolic OH excluding ortho intramolecular Hbond substituents is 1. The molecule has 1 aliphatic heterocycles. The first-order chi connectivity index (χ1) is 7.54. The number of aromatic hydroxyl groups is 1. The molecule has 0 radical (unpaired) electrons. The number of phenols is 1. The van der Waals surface area contributed by atoms with Crippen molar-refractivity contribution < 1.29 is 9.90 Å². The Labute approximate surface area is 94.9 Å². The SMILES string of the molecule is CCC1(C)CC(=O)N(c2ccc(O)cc2)N1. The summed E-state index contributed by atoms with van der Waals surface area (Å²) in [5, 5.41) is 10.7. The number of rotatable bonds is 2. The lowest BCUT2D eigenvalue weighted by Gasteiger charge is -2.24. The first-order valence-electron chi connectivity index (χ1n) is 5.44. The highest BCUT2D eigenvalue weighted by molar-refractivity contribution is 5.95. The van der Waals surface area contributed by atoms with Gasteiger partial charge in [0.05, 0.1) is 5.69 Å². The lowest BCUT2D eigenvalue weighted by molar-refractivity contribution is -0.117. The molecule has 1 atom stereocenters. The monoisotopic (exact) mass is 220 g/mol. The van der Waals surface area contributed by atoms with Crippen LogP contribution in [0.3, 0.4) is 0 Å². The zero-order chi connectivity index (χ0) is 11.8. The molecule has 0 aromatic heterocycles. The van der Waals surface area contributed by atoms with Crippen molar-refractivity contribution >= 4 is 11.6 Å². The van der Waals surface area contributed by atoms with E-state index in [1.165, 1.54) is 0 Å². The molecule has 1 saturated heterocycles. The van der Waals surface area contributed by atoms with E-state index < -0.39 is 0 Å². The number of nitrogens with zero attached hydrogens (tertiary/aromatic N) is 1. The summed E-state index contributed by atoms with van der Waals surface area (Å²) >= 11 is 0. The van der Waals surface area contributed by atoms with Crippen molar-refractivity contribution in [1.29, 1.82) is 0 Å². The summed E-state index contributed by atoms with van der Waals surface area (Å²) in [6.45, 7) is 4.09. The minimum atomic E-state index is -0.158. The van der Waals surface area contributed by atoms with Crippen LogP contribution in [0.2, 0.25) is 0 Å². The Morgan fingerprint density at radius 3 is 2.56 bits per heavy atom. The number of carbonyl (C=O) groups excluding carboxylic acids is 1. The van der Waals surface area contributed by atoms with Gasteiger partial charge in [0.15, 0.2) is 0 Å². The van der Waals surface area contributed by atoms with Crippen LogP contribution in [0.4, 0.5) is 5.69 Å². The molecule has 1 unspecified atom stereocenters.